The summed E-state index contributed by atoms with van der Waals surface area (Å²) in [7, 11) is 0. The molecular weight excluding hydrogens is 1410 g/mol. The van der Waals surface area contributed by atoms with E-state index in [4.69, 9.17) is 18.9 Å². The van der Waals surface area contributed by atoms with Gasteiger partial charge in [-0.3, -0.25) is 19.2 Å². The summed E-state index contributed by atoms with van der Waals surface area (Å²) in [5, 5.41) is 121. The van der Waals surface area contributed by atoms with Gasteiger partial charge in [-0.1, -0.05) is 119 Å². The number of halogens is 4. The number of fused-ring (bicyclic) bond motifs is 8. The molecule has 4 atom stereocenters. The van der Waals surface area contributed by atoms with Crippen molar-refractivity contribution >= 4 is 73.5 Å². The molecule has 8 bridgehead atoms. The summed E-state index contributed by atoms with van der Waals surface area (Å²) in [6.07, 6.45) is 0. The molecule has 1 aliphatic rings. The van der Waals surface area contributed by atoms with E-state index in [1.807, 2.05) is 76.2 Å². The van der Waals surface area contributed by atoms with Gasteiger partial charge in [-0.15, -0.1) is 49.6 Å². The Kier molecular flexibility index (Phi) is 31.0. The fraction of sp³-hybridized carbons (Fsp3) is 0.350. The molecule has 0 aliphatic heterocycles. The first kappa shape index (κ1) is 85.7. The average molecular weight is 1510 g/mol. The number of nitrogens with one attached hydrogen (secondary N) is 4. The molecule has 4 unspecified atom stereocenters. The van der Waals surface area contributed by atoms with Crippen LogP contribution in [-0.4, -0.2) is 115 Å². The topological polar surface area (TPSA) is 315 Å². The van der Waals surface area contributed by atoms with Crippen molar-refractivity contribution in [2.24, 2.45) is 0 Å². The third kappa shape index (κ3) is 18.4. The van der Waals surface area contributed by atoms with E-state index in [0.29, 0.717) is 22.3 Å². The van der Waals surface area contributed by atoms with E-state index >= 15 is 0 Å². The molecule has 9 rings (SSSR count). The molecular formula is C80H96Cl4N4O16. The minimum atomic E-state index is -1.31. The number of ether oxygens (including phenoxy) is 4. The molecule has 0 aromatic heterocycles. The lowest BCUT2D eigenvalue weighted by Crippen LogP contribution is -2.35. The highest BCUT2D eigenvalue weighted by Crippen LogP contribution is 2.57. The highest BCUT2D eigenvalue weighted by atomic mass is 35.5. The zero-order valence-corrected chi connectivity index (χ0v) is 63.6. The fourth-order valence-electron chi connectivity index (χ4n) is 13.1. The highest BCUT2D eigenvalue weighted by Gasteiger charge is 2.40. The summed E-state index contributed by atoms with van der Waals surface area (Å²) in [5.41, 5.74) is 5.08. The molecule has 0 radical (unpaired) electrons. The standard InChI is InChI=1S/C80H92N4O16.4ClH/c1-13-97-77(93)45(9)81-37-61-69(85)53-33-54(70(61)86)66(50-27-19-42(6)20-28-50)56-35-58(74(90)63(72(56)88)39-83-47(11)79(95)99-15-3)68(52-31-23-44(8)24-32-52)60-36-59(75(91)64(76(60)92)40-84-48(12)80(96)100-16-4)67(51-29-21-43(7)22-30-51)57-34-55(65(53)49-25-17-41(5)18-26-49)71(87)62(73(57)89)38-82-46(10)78(94)98-14-2;;;;/h17-36,45-48,65-68,81-92H,13-16,37-40H2,1-12H3;4*1H. The van der Waals surface area contributed by atoms with Crippen molar-refractivity contribution in [1.82, 2.24) is 21.3 Å². The molecule has 0 fully saturated rings. The molecule has 0 amide bonds. The second-order valence-corrected chi connectivity index (χ2v) is 25.7. The molecule has 0 spiro atoms. The van der Waals surface area contributed by atoms with E-state index in [0.717, 1.165) is 22.3 Å². The van der Waals surface area contributed by atoms with Gasteiger partial charge >= 0.3 is 23.9 Å². The van der Waals surface area contributed by atoms with Gasteiger partial charge in [0.25, 0.3) is 0 Å². The highest BCUT2D eigenvalue weighted by molar-refractivity contribution is 5.86. The molecule has 104 heavy (non-hydrogen) atoms. The fourth-order valence-corrected chi connectivity index (χ4v) is 13.1. The number of esters is 4. The number of aryl methyl sites for hydroxylation is 4. The lowest BCUT2D eigenvalue weighted by Gasteiger charge is -2.32. The molecule has 560 valence electrons. The van der Waals surface area contributed by atoms with Crippen LogP contribution in [0.1, 0.15) is 190 Å². The third-order valence-corrected chi connectivity index (χ3v) is 18.7. The van der Waals surface area contributed by atoms with E-state index in [-0.39, 0.29) is 143 Å². The Hall–Kier alpha value is -8.96. The van der Waals surface area contributed by atoms with Gasteiger partial charge in [0.15, 0.2) is 0 Å². The van der Waals surface area contributed by atoms with Crippen molar-refractivity contribution in [3.8, 4) is 46.0 Å². The Morgan fingerprint density at radius 2 is 0.442 bits per heavy atom. The van der Waals surface area contributed by atoms with Gasteiger partial charge in [-0.05, 0) is 130 Å². The minimum Gasteiger partial charge on any atom is -0.507 e. The van der Waals surface area contributed by atoms with Gasteiger partial charge in [0.05, 0.1) is 48.7 Å². The van der Waals surface area contributed by atoms with Gasteiger partial charge in [0.2, 0.25) is 0 Å². The summed E-state index contributed by atoms with van der Waals surface area (Å²) in [6.45, 7) is 19.1. The average Bonchev–Trinajstić information content (AvgIpc) is 0.728. The number of aromatic hydroxyl groups is 8. The van der Waals surface area contributed by atoms with Gasteiger partial charge in [-0.25, -0.2) is 0 Å². The van der Waals surface area contributed by atoms with Crippen LogP contribution in [0.25, 0.3) is 0 Å². The Bertz CT molecular complexity index is 3650. The first-order valence-corrected chi connectivity index (χ1v) is 33.9. The van der Waals surface area contributed by atoms with Crippen LogP contribution in [0.15, 0.2) is 121 Å². The van der Waals surface area contributed by atoms with Crippen LogP contribution in [0.4, 0.5) is 0 Å². The number of phenols is 8. The molecule has 0 saturated heterocycles. The third-order valence-electron chi connectivity index (χ3n) is 18.7. The molecule has 8 aromatic carbocycles. The molecule has 0 heterocycles. The predicted molar refractivity (Wildman–Crippen MR) is 408 cm³/mol. The zero-order chi connectivity index (χ0) is 72.5. The number of phenolic OH excluding ortho intramolecular Hbond substituents is 8. The van der Waals surface area contributed by atoms with Crippen molar-refractivity contribution in [3.05, 3.63) is 233 Å². The number of carbonyl (C=O) groups excluding carboxylic acids is 4. The number of rotatable bonds is 24. The molecule has 1 aliphatic carbocycles. The molecule has 8 aromatic rings. The normalized spacial score (nSPS) is 15.6. The minimum absolute atomic E-state index is 0. The predicted octanol–water partition coefficient (Wildman–Crippen LogP) is 13.5. The number of hydrogen-bond acceptors (Lipinski definition) is 20. The Labute approximate surface area is 632 Å². The van der Waals surface area contributed by atoms with Crippen molar-refractivity contribution in [2.45, 2.75) is 157 Å². The number of carbonyl (C=O) groups is 4. The quantitative estimate of drug-likeness (QED) is 0.0198. The van der Waals surface area contributed by atoms with E-state index < -0.39 is 144 Å². The number of hydrogen-bond donors (Lipinski definition) is 12. The summed E-state index contributed by atoms with van der Waals surface area (Å²) in [6, 6.07) is 31.5. The van der Waals surface area contributed by atoms with Crippen LogP contribution >= 0.6 is 49.6 Å². The Morgan fingerprint density at radius 1 is 0.298 bits per heavy atom. The van der Waals surface area contributed by atoms with E-state index in [2.05, 4.69) is 21.3 Å². The van der Waals surface area contributed by atoms with E-state index in [1.165, 1.54) is 0 Å². The molecule has 20 nitrogen and oxygen atoms in total. The SMILES string of the molecule is CCOC(=O)C(C)NCc1c(O)c2cc(c1O)C(c1ccc(C)cc1)c1cc(c(O)c(CNC(C)C(=O)OCC)c1O)C(c1ccc(C)cc1)c1cc(c(O)c(CNC(C)C(=O)OCC)c1O)C(c1ccc(C)cc1)c1cc(c(O)c(CNC(C)C(=O)OCC)c1O)C2c1ccc(C)cc1.Cl.Cl.Cl.Cl. The lowest BCUT2D eigenvalue weighted by molar-refractivity contribution is -0.146. The molecule has 12 N–H and O–H groups in total. The first-order valence-electron chi connectivity index (χ1n) is 33.9. The second-order valence-electron chi connectivity index (χ2n) is 25.7. The van der Waals surface area contributed by atoms with Gasteiger partial charge in [-0.2, -0.15) is 0 Å². The van der Waals surface area contributed by atoms with Gasteiger partial charge < -0.3 is 81.1 Å². The maximum absolute atomic E-state index is 13.5. The summed E-state index contributed by atoms with van der Waals surface area (Å²) >= 11 is 0. The van der Waals surface area contributed by atoms with Crippen molar-refractivity contribution < 1.29 is 79.0 Å². The zero-order valence-electron chi connectivity index (χ0n) is 60.3. The summed E-state index contributed by atoms with van der Waals surface area (Å²) < 4.78 is 21.6. The lowest BCUT2D eigenvalue weighted by atomic mass is 9.73. The second kappa shape index (κ2) is 37.7. The van der Waals surface area contributed by atoms with E-state index in [1.54, 1.807) is 128 Å². The Balaban J connectivity index is 0.00000486. The monoisotopic (exact) mass is 1510 g/mol. The van der Waals surface area contributed by atoms with Crippen molar-refractivity contribution in [2.75, 3.05) is 26.4 Å². The summed E-state index contributed by atoms with van der Waals surface area (Å²) in [5.74, 6) is -11.7. The molecule has 24 heteroatoms. The van der Waals surface area contributed by atoms with Crippen LogP contribution < -0.4 is 21.3 Å². The van der Waals surface area contributed by atoms with Crippen LogP contribution in [0.5, 0.6) is 46.0 Å². The smallest absolute Gasteiger partial charge is 0.322 e. The van der Waals surface area contributed by atoms with Crippen LogP contribution in [0.3, 0.4) is 0 Å². The largest absolute Gasteiger partial charge is 0.507 e. The maximum Gasteiger partial charge on any atom is 0.322 e. The van der Waals surface area contributed by atoms with E-state index in [9.17, 15) is 60.0 Å². The van der Waals surface area contributed by atoms with Crippen LogP contribution in [0, 0.1) is 27.7 Å². The molecule has 0 saturated carbocycles. The van der Waals surface area contributed by atoms with Crippen molar-refractivity contribution in [3.63, 3.8) is 0 Å². The van der Waals surface area contributed by atoms with Gasteiger partial charge in [0.1, 0.15) is 70.2 Å². The Morgan fingerprint density at radius 3 is 0.577 bits per heavy atom. The van der Waals surface area contributed by atoms with Crippen LogP contribution in [0.2, 0.25) is 0 Å². The first-order chi connectivity index (χ1) is 47.7. The van der Waals surface area contributed by atoms with Gasteiger partial charge in [0, 0.05) is 94.4 Å². The van der Waals surface area contributed by atoms with Crippen LogP contribution in [-0.2, 0) is 64.3 Å². The van der Waals surface area contributed by atoms with Crippen molar-refractivity contribution in [1.29, 1.82) is 0 Å². The number of benzene rings is 8. The summed E-state index contributed by atoms with van der Waals surface area (Å²) in [4.78, 5) is 53.8. The maximum atomic E-state index is 13.5.